The Hall–Kier alpha value is -1.81. The van der Waals surface area contributed by atoms with Gasteiger partial charge in [-0.1, -0.05) is 13.8 Å². The standard InChI is InChI=1S/C17H30N4O5S/c1-9(2)7-12(16(24)21-6-4-5-13(21)17(25)26)20-14(22)10(3)19-15(23)11(18)8-27/h9-13,27H,4-8,18H2,1-3H3,(H,19,23)(H,20,22)(H,25,26). The highest BCUT2D eigenvalue weighted by atomic mass is 32.1. The Bertz CT molecular complexity index is 572. The van der Waals surface area contributed by atoms with Gasteiger partial charge in [-0.3, -0.25) is 14.4 Å². The molecule has 5 N–H and O–H groups in total. The molecule has 0 aromatic carbocycles. The van der Waals surface area contributed by atoms with E-state index in [0.29, 0.717) is 25.8 Å². The maximum atomic E-state index is 12.9. The number of nitrogens with one attached hydrogen (secondary N) is 2. The summed E-state index contributed by atoms with van der Waals surface area (Å²) >= 11 is 3.94. The van der Waals surface area contributed by atoms with Crippen LogP contribution in [0.4, 0.5) is 0 Å². The van der Waals surface area contributed by atoms with Gasteiger partial charge in [0.1, 0.15) is 18.1 Å². The Kier molecular flexibility index (Phi) is 9.04. The number of rotatable bonds is 9. The summed E-state index contributed by atoms with van der Waals surface area (Å²) in [6.45, 7) is 5.65. The van der Waals surface area contributed by atoms with Crippen LogP contribution in [0.5, 0.6) is 0 Å². The average Bonchev–Trinajstić information content (AvgIpc) is 3.09. The lowest BCUT2D eigenvalue weighted by Crippen LogP contribution is -2.56. The van der Waals surface area contributed by atoms with Crippen molar-refractivity contribution in [3.05, 3.63) is 0 Å². The Balaban J connectivity index is 2.81. The number of amides is 3. The number of hydrogen-bond donors (Lipinski definition) is 5. The predicted molar refractivity (Wildman–Crippen MR) is 103 cm³/mol. The van der Waals surface area contributed by atoms with Gasteiger partial charge >= 0.3 is 5.97 Å². The van der Waals surface area contributed by atoms with Crippen molar-refractivity contribution in [3.8, 4) is 0 Å². The Morgan fingerprint density at radius 1 is 1.19 bits per heavy atom. The molecule has 0 bridgehead atoms. The molecule has 0 aromatic rings. The molecule has 1 heterocycles. The number of nitrogens with zero attached hydrogens (tertiary/aromatic N) is 1. The maximum absolute atomic E-state index is 12.9. The minimum Gasteiger partial charge on any atom is -0.480 e. The lowest BCUT2D eigenvalue weighted by atomic mass is 10.0. The number of carboxylic acids is 1. The molecule has 0 saturated carbocycles. The minimum absolute atomic E-state index is 0.104. The van der Waals surface area contributed by atoms with Crippen LogP contribution in [-0.4, -0.2) is 70.2 Å². The van der Waals surface area contributed by atoms with E-state index in [2.05, 4.69) is 23.3 Å². The number of nitrogens with two attached hydrogens (primary N) is 1. The van der Waals surface area contributed by atoms with Crippen molar-refractivity contribution < 1.29 is 24.3 Å². The van der Waals surface area contributed by atoms with E-state index in [0.717, 1.165) is 0 Å². The third kappa shape index (κ3) is 6.69. The molecule has 0 radical (unpaired) electrons. The maximum Gasteiger partial charge on any atom is 0.326 e. The topological polar surface area (TPSA) is 142 Å². The zero-order valence-electron chi connectivity index (χ0n) is 16.0. The van der Waals surface area contributed by atoms with Crippen LogP contribution < -0.4 is 16.4 Å². The van der Waals surface area contributed by atoms with E-state index in [9.17, 15) is 24.3 Å². The number of aliphatic carboxylic acids is 1. The molecule has 0 spiro atoms. The van der Waals surface area contributed by atoms with Gasteiger partial charge in [0.05, 0.1) is 6.04 Å². The van der Waals surface area contributed by atoms with E-state index in [1.54, 1.807) is 0 Å². The van der Waals surface area contributed by atoms with Crippen LogP contribution >= 0.6 is 12.6 Å². The van der Waals surface area contributed by atoms with Crippen molar-refractivity contribution in [2.45, 2.75) is 64.2 Å². The summed E-state index contributed by atoms with van der Waals surface area (Å²) in [6.07, 6.45) is 1.38. The molecule has 0 aliphatic carbocycles. The van der Waals surface area contributed by atoms with Crippen LogP contribution in [0.3, 0.4) is 0 Å². The van der Waals surface area contributed by atoms with Crippen LogP contribution in [0.2, 0.25) is 0 Å². The number of likely N-dealkylation sites (tertiary alicyclic amines) is 1. The number of carbonyl (C=O) groups is 4. The molecule has 27 heavy (non-hydrogen) atoms. The highest BCUT2D eigenvalue weighted by Gasteiger charge is 2.38. The zero-order valence-corrected chi connectivity index (χ0v) is 16.9. The molecule has 9 nitrogen and oxygen atoms in total. The van der Waals surface area contributed by atoms with Gasteiger partial charge in [-0.25, -0.2) is 4.79 Å². The second kappa shape index (κ2) is 10.5. The van der Waals surface area contributed by atoms with Crippen LogP contribution in [0.25, 0.3) is 0 Å². The van der Waals surface area contributed by atoms with Gasteiger partial charge in [0.15, 0.2) is 0 Å². The van der Waals surface area contributed by atoms with Crippen LogP contribution in [0.1, 0.15) is 40.0 Å². The number of thiol groups is 1. The van der Waals surface area contributed by atoms with Gasteiger partial charge in [0, 0.05) is 12.3 Å². The first-order valence-electron chi connectivity index (χ1n) is 9.08. The van der Waals surface area contributed by atoms with E-state index >= 15 is 0 Å². The van der Waals surface area contributed by atoms with E-state index in [1.807, 2.05) is 13.8 Å². The van der Waals surface area contributed by atoms with E-state index < -0.39 is 47.9 Å². The van der Waals surface area contributed by atoms with Crippen molar-refractivity contribution >= 4 is 36.3 Å². The fourth-order valence-corrected chi connectivity index (χ4v) is 3.11. The van der Waals surface area contributed by atoms with Crippen LogP contribution in [0.15, 0.2) is 0 Å². The normalized spacial score (nSPS) is 20.1. The highest BCUT2D eigenvalue weighted by Crippen LogP contribution is 2.20. The predicted octanol–water partition coefficient (Wildman–Crippen LogP) is -0.645. The first kappa shape index (κ1) is 23.2. The van der Waals surface area contributed by atoms with Crippen LogP contribution in [0, 0.1) is 5.92 Å². The Morgan fingerprint density at radius 3 is 2.33 bits per heavy atom. The fraction of sp³-hybridized carbons (Fsp3) is 0.765. The molecule has 0 aromatic heterocycles. The first-order valence-corrected chi connectivity index (χ1v) is 9.72. The first-order chi connectivity index (χ1) is 12.6. The summed E-state index contributed by atoms with van der Waals surface area (Å²) in [7, 11) is 0. The summed E-state index contributed by atoms with van der Waals surface area (Å²) in [5.41, 5.74) is 5.57. The summed E-state index contributed by atoms with van der Waals surface area (Å²) in [6, 6.07) is -3.44. The molecule has 1 rings (SSSR count). The lowest BCUT2D eigenvalue weighted by molar-refractivity contribution is -0.149. The van der Waals surface area contributed by atoms with Crippen molar-refractivity contribution in [3.63, 3.8) is 0 Å². The number of hydrogen-bond acceptors (Lipinski definition) is 6. The average molecular weight is 403 g/mol. The molecular formula is C17H30N4O5S. The molecule has 4 atom stereocenters. The molecule has 1 aliphatic rings. The molecule has 3 amide bonds. The molecule has 1 saturated heterocycles. The second-order valence-electron chi connectivity index (χ2n) is 7.24. The van der Waals surface area contributed by atoms with Crippen molar-refractivity contribution in [2.24, 2.45) is 11.7 Å². The Morgan fingerprint density at radius 2 is 1.81 bits per heavy atom. The van der Waals surface area contributed by atoms with Crippen LogP contribution in [-0.2, 0) is 19.2 Å². The van der Waals surface area contributed by atoms with Gasteiger partial charge in [-0.15, -0.1) is 0 Å². The summed E-state index contributed by atoms with van der Waals surface area (Å²) in [5.74, 6) is -2.25. The van der Waals surface area contributed by atoms with Gasteiger partial charge in [0.25, 0.3) is 0 Å². The zero-order chi connectivity index (χ0) is 20.7. The van der Waals surface area contributed by atoms with Gasteiger partial charge in [-0.2, -0.15) is 12.6 Å². The molecule has 1 fully saturated rings. The molecule has 1 aliphatic heterocycles. The largest absolute Gasteiger partial charge is 0.480 e. The quantitative estimate of drug-likeness (QED) is 0.325. The molecular weight excluding hydrogens is 372 g/mol. The molecule has 10 heteroatoms. The van der Waals surface area contributed by atoms with E-state index in [4.69, 9.17) is 5.73 Å². The monoisotopic (exact) mass is 402 g/mol. The fourth-order valence-electron chi connectivity index (χ4n) is 2.95. The molecule has 4 unspecified atom stereocenters. The smallest absolute Gasteiger partial charge is 0.326 e. The highest BCUT2D eigenvalue weighted by molar-refractivity contribution is 7.80. The van der Waals surface area contributed by atoms with Crippen molar-refractivity contribution in [2.75, 3.05) is 12.3 Å². The van der Waals surface area contributed by atoms with Crippen molar-refractivity contribution in [1.82, 2.24) is 15.5 Å². The summed E-state index contributed by atoms with van der Waals surface area (Å²) < 4.78 is 0. The lowest BCUT2D eigenvalue weighted by Gasteiger charge is -2.29. The van der Waals surface area contributed by atoms with Gasteiger partial charge in [-0.05, 0) is 32.1 Å². The minimum atomic E-state index is -1.04. The number of carboxylic acid groups (broad SMARTS) is 1. The SMILES string of the molecule is CC(C)CC(NC(=O)C(C)NC(=O)C(N)CS)C(=O)N1CCCC1C(=O)O. The van der Waals surface area contributed by atoms with E-state index in [1.165, 1.54) is 11.8 Å². The third-order valence-corrected chi connectivity index (χ3v) is 4.82. The van der Waals surface area contributed by atoms with Crippen molar-refractivity contribution in [1.29, 1.82) is 0 Å². The third-order valence-electron chi connectivity index (χ3n) is 4.43. The number of carbonyl (C=O) groups excluding carboxylic acids is 3. The van der Waals surface area contributed by atoms with Gasteiger partial charge in [0.2, 0.25) is 17.7 Å². The van der Waals surface area contributed by atoms with Gasteiger partial charge < -0.3 is 26.4 Å². The van der Waals surface area contributed by atoms with E-state index in [-0.39, 0.29) is 11.7 Å². The summed E-state index contributed by atoms with van der Waals surface area (Å²) in [5, 5.41) is 14.4. The molecule has 154 valence electrons. The summed E-state index contributed by atoms with van der Waals surface area (Å²) in [4.78, 5) is 49.8. The Labute approximate surface area is 164 Å². The second-order valence-corrected chi connectivity index (χ2v) is 7.60.